The van der Waals surface area contributed by atoms with Gasteiger partial charge >= 0.3 is 19.8 Å². The lowest BCUT2D eigenvalue weighted by Gasteiger charge is -2.20. The maximum Gasteiger partial charge on any atom is 0.472 e. The molecular formula is C40H80NO9P. The van der Waals surface area contributed by atoms with E-state index < -0.39 is 45.1 Å². The van der Waals surface area contributed by atoms with Crippen LogP contribution < -0.4 is 5.73 Å². The van der Waals surface area contributed by atoms with Crippen LogP contribution in [0.3, 0.4) is 0 Å². The minimum Gasteiger partial charge on any atom is -0.480 e. The van der Waals surface area contributed by atoms with Gasteiger partial charge in [0.25, 0.3) is 0 Å². The number of phosphoric acid groups is 1. The van der Waals surface area contributed by atoms with Gasteiger partial charge in [0.15, 0.2) is 0 Å². The van der Waals surface area contributed by atoms with Crippen molar-refractivity contribution in [2.75, 3.05) is 26.4 Å². The second-order valence-corrected chi connectivity index (χ2v) is 15.9. The van der Waals surface area contributed by atoms with Crippen molar-refractivity contribution in [3.63, 3.8) is 0 Å². The Morgan fingerprint density at radius 1 is 0.549 bits per heavy atom. The summed E-state index contributed by atoms with van der Waals surface area (Å²) >= 11 is 0. The van der Waals surface area contributed by atoms with Crippen molar-refractivity contribution in [1.82, 2.24) is 0 Å². The van der Waals surface area contributed by atoms with Crippen LogP contribution in [0.2, 0.25) is 0 Å². The molecule has 51 heavy (non-hydrogen) atoms. The number of rotatable bonds is 41. The molecule has 0 aromatic heterocycles. The molecule has 0 spiro atoms. The Morgan fingerprint density at radius 3 is 1.29 bits per heavy atom. The van der Waals surface area contributed by atoms with Gasteiger partial charge in [0.05, 0.1) is 19.8 Å². The van der Waals surface area contributed by atoms with E-state index in [0.717, 1.165) is 38.5 Å². The second kappa shape index (κ2) is 37.3. The summed E-state index contributed by atoms with van der Waals surface area (Å²) in [4.78, 5) is 33.3. The molecule has 0 aromatic rings. The van der Waals surface area contributed by atoms with Gasteiger partial charge in [0, 0.05) is 13.0 Å². The first kappa shape index (κ1) is 50.0. The monoisotopic (exact) mass is 750 g/mol. The van der Waals surface area contributed by atoms with Crippen LogP contribution in [0, 0.1) is 0 Å². The summed E-state index contributed by atoms with van der Waals surface area (Å²) in [5, 5.41) is 8.85. The lowest BCUT2D eigenvalue weighted by atomic mass is 10.0. The normalized spacial score (nSPS) is 14.0. The second-order valence-electron chi connectivity index (χ2n) is 14.5. The third kappa shape index (κ3) is 37.1. The number of carbonyl (C=O) groups excluding carboxylic acids is 1. The molecule has 0 saturated heterocycles. The number of ether oxygens (including phenoxy) is 2. The van der Waals surface area contributed by atoms with E-state index in [2.05, 4.69) is 18.4 Å². The summed E-state index contributed by atoms with van der Waals surface area (Å²) in [5.41, 5.74) is 5.33. The molecule has 0 heterocycles. The lowest BCUT2D eigenvalue weighted by molar-refractivity contribution is -0.154. The van der Waals surface area contributed by atoms with E-state index in [1.165, 1.54) is 141 Å². The zero-order chi connectivity index (χ0) is 37.7. The average Bonchev–Trinajstić information content (AvgIpc) is 3.10. The Bertz CT molecular complexity index is 832. The van der Waals surface area contributed by atoms with Crippen LogP contribution in [0.4, 0.5) is 0 Å². The van der Waals surface area contributed by atoms with Crippen LogP contribution in [-0.4, -0.2) is 60.5 Å². The van der Waals surface area contributed by atoms with Crippen molar-refractivity contribution >= 4 is 19.8 Å². The number of carboxylic acid groups (broad SMARTS) is 1. The molecule has 0 aliphatic heterocycles. The molecule has 4 N–H and O–H groups in total. The molecule has 10 nitrogen and oxygen atoms in total. The number of aliphatic carboxylic acids is 1. The number of carbonyl (C=O) groups is 2. The third-order valence-electron chi connectivity index (χ3n) is 9.39. The molecule has 11 heteroatoms. The molecule has 0 saturated carbocycles. The molecule has 0 aromatic carbocycles. The fraction of sp³-hybridized carbons (Fsp3) is 0.950. The fourth-order valence-corrected chi connectivity index (χ4v) is 6.85. The van der Waals surface area contributed by atoms with E-state index in [0.29, 0.717) is 13.0 Å². The molecule has 0 aliphatic rings. The molecule has 304 valence electrons. The molecule has 0 bridgehead atoms. The smallest absolute Gasteiger partial charge is 0.472 e. The first-order valence-electron chi connectivity index (χ1n) is 21.1. The van der Waals surface area contributed by atoms with Gasteiger partial charge in [-0.3, -0.25) is 18.6 Å². The summed E-state index contributed by atoms with van der Waals surface area (Å²) in [7, 11) is -4.60. The van der Waals surface area contributed by atoms with Gasteiger partial charge in [0.2, 0.25) is 0 Å². The van der Waals surface area contributed by atoms with E-state index >= 15 is 0 Å². The number of esters is 1. The molecule has 0 amide bonds. The van der Waals surface area contributed by atoms with Crippen molar-refractivity contribution in [2.45, 2.75) is 219 Å². The van der Waals surface area contributed by atoms with E-state index in [-0.39, 0.29) is 13.0 Å². The Morgan fingerprint density at radius 2 is 0.902 bits per heavy atom. The third-order valence-corrected chi connectivity index (χ3v) is 10.3. The number of unbranched alkanes of at least 4 members (excludes halogenated alkanes) is 27. The molecule has 0 radical (unpaired) electrons. The van der Waals surface area contributed by atoms with Crippen LogP contribution in [0.25, 0.3) is 0 Å². The zero-order valence-corrected chi connectivity index (χ0v) is 33.9. The minimum atomic E-state index is -4.60. The number of hydrogen-bond acceptors (Lipinski definition) is 8. The van der Waals surface area contributed by atoms with E-state index in [1.54, 1.807) is 0 Å². The van der Waals surface area contributed by atoms with Gasteiger partial charge in [-0.25, -0.2) is 4.57 Å². The van der Waals surface area contributed by atoms with Crippen LogP contribution in [-0.2, 0) is 32.7 Å². The Balaban J connectivity index is 3.98. The number of hydrogen-bond donors (Lipinski definition) is 3. The summed E-state index contributed by atoms with van der Waals surface area (Å²) in [6, 6.07) is -1.47. The number of nitrogens with two attached hydrogens (primary N) is 1. The van der Waals surface area contributed by atoms with Gasteiger partial charge in [-0.1, -0.05) is 187 Å². The van der Waals surface area contributed by atoms with Gasteiger partial charge in [-0.05, 0) is 12.8 Å². The molecule has 0 aliphatic carbocycles. The predicted octanol–water partition coefficient (Wildman–Crippen LogP) is 11.2. The first-order valence-corrected chi connectivity index (χ1v) is 22.6. The van der Waals surface area contributed by atoms with Gasteiger partial charge in [0.1, 0.15) is 12.1 Å². The van der Waals surface area contributed by atoms with Crippen molar-refractivity contribution in [2.24, 2.45) is 5.73 Å². The summed E-state index contributed by atoms with van der Waals surface area (Å²) in [5.74, 6) is -1.78. The summed E-state index contributed by atoms with van der Waals surface area (Å²) < 4.78 is 33.2. The Hall–Kier alpha value is -1.03. The predicted molar refractivity (Wildman–Crippen MR) is 208 cm³/mol. The standard InChI is InChI=1S/C40H80NO9P/c1-3-5-7-9-11-12-13-14-15-16-17-18-19-20-21-22-23-24-25-27-29-31-33-47-34-37(35-48-51(45,46)49-36-38(41)40(43)44)50-39(42)32-30-28-26-10-8-6-4-2/h37-38H,3-36,41H2,1-2H3,(H,43,44)(H,45,46). The molecular weight excluding hydrogens is 669 g/mol. The van der Waals surface area contributed by atoms with Gasteiger partial charge in [-0.15, -0.1) is 0 Å². The lowest BCUT2D eigenvalue weighted by Crippen LogP contribution is -2.34. The van der Waals surface area contributed by atoms with Crippen LogP contribution in [0.1, 0.15) is 206 Å². The minimum absolute atomic E-state index is 0.0245. The first-order chi connectivity index (χ1) is 24.7. The molecule has 0 fully saturated rings. The SMILES string of the molecule is CCCCCCCCCCCCCCCCCCCCCCCCOCC(COP(=O)(O)OCC(N)C(=O)O)OC(=O)CCCCCCCCC. The number of phosphoric ester groups is 1. The van der Waals surface area contributed by atoms with Crippen LogP contribution >= 0.6 is 7.82 Å². The largest absolute Gasteiger partial charge is 0.480 e. The topological polar surface area (TPSA) is 155 Å². The highest BCUT2D eigenvalue weighted by Gasteiger charge is 2.27. The molecule has 3 atom stereocenters. The van der Waals surface area contributed by atoms with Crippen molar-refractivity contribution in [3.8, 4) is 0 Å². The maximum absolute atomic E-state index is 12.5. The van der Waals surface area contributed by atoms with Crippen LogP contribution in [0.15, 0.2) is 0 Å². The molecule has 0 rings (SSSR count). The quantitative estimate of drug-likeness (QED) is 0.0312. The highest BCUT2D eigenvalue weighted by atomic mass is 31.2. The van der Waals surface area contributed by atoms with Gasteiger partial charge in [-0.2, -0.15) is 0 Å². The summed E-state index contributed by atoms with van der Waals surface area (Å²) in [6.07, 6.45) is 36.2. The Kier molecular flexibility index (Phi) is 36.5. The number of carboxylic acids is 1. The maximum atomic E-state index is 12.5. The van der Waals surface area contributed by atoms with E-state index in [4.69, 9.17) is 24.8 Å². The van der Waals surface area contributed by atoms with Crippen LogP contribution in [0.5, 0.6) is 0 Å². The van der Waals surface area contributed by atoms with Crippen molar-refractivity contribution < 1.29 is 42.7 Å². The zero-order valence-electron chi connectivity index (χ0n) is 33.0. The fourth-order valence-electron chi connectivity index (χ4n) is 6.08. The van der Waals surface area contributed by atoms with E-state index in [9.17, 15) is 19.0 Å². The van der Waals surface area contributed by atoms with E-state index in [1.807, 2.05) is 0 Å². The van der Waals surface area contributed by atoms with Crippen molar-refractivity contribution in [3.05, 3.63) is 0 Å². The summed E-state index contributed by atoms with van der Waals surface area (Å²) in [6.45, 7) is 3.86. The van der Waals surface area contributed by atoms with Crippen molar-refractivity contribution in [1.29, 1.82) is 0 Å². The average molecular weight is 750 g/mol. The highest BCUT2D eigenvalue weighted by molar-refractivity contribution is 7.47. The highest BCUT2D eigenvalue weighted by Crippen LogP contribution is 2.43. The molecule has 3 unspecified atom stereocenters. The van der Waals surface area contributed by atoms with Gasteiger partial charge < -0.3 is 25.2 Å². The Labute approximate surface area is 312 Å².